The molecule has 17 heavy (non-hydrogen) atoms. The molecule has 0 bridgehead atoms. The van der Waals surface area contributed by atoms with Crippen LogP contribution in [0.4, 0.5) is 0 Å². The van der Waals surface area contributed by atoms with Gasteiger partial charge < -0.3 is 10.1 Å². The van der Waals surface area contributed by atoms with Crippen LogP contribution in [-0.4, -0.2) is 24.2 Å². The third kappa shape index (κ3) is 3.51. The summed E-state index contributed by atoms with van der Waals surface area (Å²) in [5.41, 5.74) is 2.42. The zero-order chi connectivity index (χ0) is 12.1. The molecular formula is C14H22N2O. The predicted molar refractivity (Wildman–Crippen MR) is 68.9 cm³/mol. The molecule has 1 aromatic rings. The molecule has 0 spiro atoms. The third-order valence-electron chi connectivity index (χ3n) is 3.64. The SMILES string of the molecule is COC1CCCC(NCc2ncccc2C)C1. The zero-order valence-electron chi connectivity index (χ0n) is 10.8. The van der Waals surface area contributed by atoms with Gasteiger partial charge in [0.1, 0.15) is 0 Å². The second-order valence-corrected chi connectivity index (χ2v) is 4.87. The summed E-state index contributed by atoms with van der Waals surface area (Å²) >= 11 is 0. The van der Waals surface area contributed by atoms with E-state index in [1.807, 2.05) is 19.4 Å². The Morgan fingerprint density at radius 1 is 1.47 bits per heavy atom. The Morgan fingerprint density at radius 3 is 3.12 bits per heavy atom. The summed E-state index contributed by atoms with van der Waals surface area (Å²) in [6, 6.07) is 4.68. The second kappa shape index (κ2) is 6.12. The first kappa shape index (κ1) is 12.5. The van der Waals surface area contributed by atoms with Crippen molar-refractivity contribution in [2.75, 3.05) is 7.11 Å². The van der Waals surface area contributed by atoms with Crippen LogP contribution in [0.3, 0.4) is 0 Å². The topological polar surface area (TPSA) is 34.1 Å². The molecule has 0 saturated heterocycles. The second-order valence-electron chi connectivity index (χ2n) is 4.87. The number of ether oxygens (including phenoxy) is 1. The first-order chi connectivity index (χ1) is 8.29. The summed E-state index contributed by atoms with van der Waals surface area (Å²) in [5.74, 6) is 0. The highest BCUT2D eigenvalue weighted by molar-refractivity contribution is 5.17. The molecular weight excluding hydrogens is 212 g/mol. The van der Waals surface area contributed by atoms with Gasteiger partial charge in [-0.15, -0.1) is 0 Å². The van der Waals surface area contributed by atoms with E-state index in [-0.39, 0.29) is 0 Å². The Labute approximate surface area is 104 Å². The Balaban J connectivity index is 1.84. The highest BCUT2D eigenvalue weighted by Crippen LogP contribution is 2.20. The maximum absolute atomic E-state index is 5.44. The van der Waals surface area contributed by atoms with Crippen LogP contribution in [0.25, 0.3) is 0 Å². The number of hydrogen-bond acceptors (Lipinski definition) is 3. The number of nitrogens with one attached hydrogen (secondary N) is 1. The van der Waals surface area contributed by atoms with E-state index in [0.29, 0.717) is 12.1 Å². The summed E-state index contributed by atoms with van der Waals surface area (Å²) in [5, 5.41) is 3.60. The molecule has 2 unspecified atom stereocenters. The molecule has 1 aromatic heterocycles. The average Bonchev–Trinajstić information content (AvgIpc) is 2.38. The maximum atomic E-state index is 5.44. The van der Waals surface area contributed by atoms with E-state index in [4.69, 9.17) is 4.74 Å². The van der Waals surface area contributed by atoms with E-state index in [9.17, 15) is 0 Å². The van der Waals surface area contributed by atoms with Gasteiger partial charge in [0, 0.05) is 25.9 Å². The number of pyridine rings is 1. The molecule has 2 rings (SSSR count). The fourth-order valence-corrected chi connectivity index (χ4v) is 2.49. The van der Waals surface area contributed by atoms with Crippen molar-refractivity contribution in [3.8, 4) is 0 Å². The first-order valence-electron chi connectivity index (χ1n) is 6.46. The van der Waals surface area contributed by atoms with E-state index in [1.54, 1.807) is 0 Å². The molecule has 0 radical (unpaired) electrons. The van der Waals surface area contributed by atoms with Crippen molar-refractivity contribution in [1.29, 1.82) is 0 Å². The van der Waals surface area contributed by atoms with E-state index in [0.717, 1.165) is 18.7 Å². The fraction of sp³-hybridized carbons (Fsp3) is 0.643. The van der Waals surface area contributed by atoms with Crippen LogP contribution in [0.1, 0.15) is 36.9 Å². The van der Waals surface area contributed by atoms with Crippen LogP contribution in [0, 0.1) is 6.92 Å². The lowest BCUT2D eigenvalue weighted by molar-refractivity contribution is 0.0585. The van der Waals surface area contributed by atoms with Crippen molar-refractivity contribution >= 4 is 0 Å². The largest absolute Gasteiger partial charge is 0.381 e. The summed E-state index contributed by atoms with van der Waals surface area (Å²) in [4.78, 5) is 4.41. The van der Waals surface area contributed by atoms with Gasteiger partial charge in [-0.1, -0.05) is 6.07 Å². The van der Waals surface area contributed by atoms with Gasteiger partial charge in [0.25, 0.3) is 0 Å². The third-order valence-corrected chi connectivity index (χ3v) is 3.64. The standard InChI is InChI=1S/C14H22N2O/c1-11-5-4-8-15-14(11)10-16-12-6-3-7-13(9-12)17-2/h4-5,8,12-13,16H,3,6-7,9-10H2,1-2H3. The van der Waals surface area contributed by atoms with Crippen molar-refractivity contribution < 1.29 is 4.74 Å². The summed E-state index contributed by atoms with van der Waals surface area (Å²) in [7, 11) is 1.82. The highest BCUT2D eigenvalue weighted by atomic mass is 16.5. The van der Waals surface area contributed by atoms with Gasteiger partial charge in [-0.3, -0.25) is 4.98 Å². The Bertz CT molecular complexity index is 354. The minimum absolute atomic E-state index is 0.436. The normalized spacial score (nSPS) is 24.8. The van der Waals surface area contributed by atoms with Crippen molar-refractivity contribution in [1.82, 2.24) is 10.3 Å². The number of aromatic nitrogens is 1. The first-order valence-corrected chi connectivity index (χ1v) is 6.46. The van der Waals surface area contributed by atoms with Gasteiger partial charge in [0.2, 0.25) is 0 Å². The van der Waals surface area contributed by atoms with Crippen LogP contribution in [0.2, 0.25) is 0 Å². The molecule has 1 aliphatic carbocycles. The quantitative estimate of drug-likeness (QED) is 0.869. The zero-order valence-corrected chi connectivity index (χ0v) is 10.8. The summed E-state index contributed by atoms with van der Waals surface area (Å²) < 4.78 is 5.44. The van der Waals surface area contributed by atoms with E-state index in [1.165, 1.54) is 24.8 Å². The van der Waals surface area contributed by atoms with Crippen LogP contribution in [0.5, 0.6) is 0 Å². The van der Waals surface area contributed by atoms with Crippen molar-refractivity contribution in [3.63, 3.8) is 0 Å². The Morgan fingerprint density at radius 2 is 2.35 bits per heavy atom. The van der Waals surface area contributed by atoms with Crippen molar-refractivity contribution in [3.05, 3.63) is 29.6 Å². The van der Waals surface area contributed by atoms with Gasteiger partial charge >= 0.3 is 0 Å². The van der Waals surface area contributed by atoms with E-state index in [2.05, 4.69) is 23.3 Å². The Kier molecular flexibility index (Phi) is 4.51. The lowest BCUT2D eigenvalue weighted by Crippen LogP contribution is -2.36. The smallest absolute Gasteiger partial charge is 0.0586 e. The predicted octanol–water partition coefficient (Wildman–Crippen LogP) is 2.44. The minimum atomic E-state index is 0.436. The molecule has 1 saturated carbocycles. The van der Waals surface area contributed by atoms with E-state index >= 15 is 0 Å². The molecule has 1 fully saturated rings. The number of aryl methyl sites for hydroxylation is 1. The molecule has 0 aliphatic heterocycles. The molecule has 2 atom stereocenters. The lowest BCUT2D eigenvalue weighted by Gasteiger charge is -2.29. The van der Waals surface area contributed by atoms with Gasteiger partial charge in [0.05, 0.1) is 11.8 Å². The average molecular weight is 234 g/mol. The van der Waals surface area contributed by atoms with E-state index < -0.39 is 0 Å². The number of nitrogens with zero attached hydrogens (tertiary/aromatic N) is 1. The van der Waals surface area contributed by atoms with Crippen LogP contribution >= 0.6 is 0 Å². The number of methoxy groups -OCH3 is 1. The van der Waals surface area contributed by atoms with Crippen molar-refractivity contribution in [2.45, 2.75) is 51.3 Å². The molecule has 94 valence electrons. The van der Waals surface area contributed by atoms with Gasteiger partial charge in [-0.25, -0.2) is 0 Å². The summed E-state index contributed by atoms with van der Waals surface area (Å²) in [6.07, 6.45) is 7.15. The molecule has 0 aromatic carbocycles. The van der Waals surface area contributed by atoms with Gasteiger partial charge in [0.15, 0.2) is 0 Å². The fourth-order valence-electron chi connectivity index (χ4n) is 2.49. The molecule has 3 nitrogen and oxygen atoms in total. The van der Waals surface area contributed by atoms with Crippen LogP contribution in [0.15, 0.2) is 18.3 Å². The maximum Gasteiger partial charge on any atom is 0.0586 e. The van der Waals surface area contributed by atoms with Gasteiger partial charge in [-0.2, -0.15) is 0 Å². The van der Waals surface area contributed by atoms with Crippen molar-refractivity contribution in [2.24, 2.45) is 0 Å². The monoisotopic (exact) mass is 234 g/mol. The highest BCUT2D eigenvalue weighted by Gasteiger charge is 2.21. The Hall–Kier alpha value is -0.930. The van der Waals surface area contributed by atoms with Crippen LogP contribution < -0.4 is 5.32 Å². The summed E-state index contributed by atoms with van der Waals surface area (Å²) in [6.45, 7) is 2.98. The minimum Gasteiger partial charge on any atom is -0.381 e. The molecule has 3 heteroatoms. The number of rotatable bonds is 4. The molecule has 1 heterocycles. The molecule has 1 N–H and O–H groups in total. The van der Waals surface area contributed by atoms with Crippen LogP contribution in [-0.2, 0) is 11.3 Å². The van der Waals surface area contributed by atoms with Gasteiger partial charge in [-0.05, 0) is 44.2 Å². The number of hydrogen-bond donors (Lipinski definition) is 1. The molecule has 1 aliphatic rings. The lowest BCUT2D eigenvalue weighted by atomic mass is 9.93. The molecule has 0 amide bonds.